The molecule has 0 amide bonds. The van der Waals surface area contributed by atoms with Crippen LogP contribution >= 0.6 is 34.5 Å². The largest absolute Gasteiger partial charge is 0.481 e. The number of aryl methyl sites for hydroxylation is 1. The molecule has 128 valence electrons. The van der Waals surface area contributed by atoms with Crippen molar-refractivity contribution in [3.8, 4) is 0 Å². The Morgan fingerprint density at radius 2 is 2.17 bits per heavy atom. The van der Waals surface area contributed by atoms with Gasteiger partial charge in [0.2, 0.25) is 0 Å². The number of thiophene rings is 1. The van der Waals surface area contributed by atoms with Crippen molar-refractivity contribution in [1.29, 1.82) is 0 Å². The fourth-order valence-electron chi connectivity index (χ4n) is 3.34. The van der Waals surface area contributed by atoms with Gasteiger partial charge in [0, 0.05) is 11.4 Å². The summed E-state index contributed by atoms with van der Waals surface area (Å²) in [5.41, 5.74) is 2.14. The number of likely N-dealkylation sites (tertiary alicyclic amines) is 1. The van der Waals surface area contributed by atoms with Crippen molar-refractivity contribution in [2.45, 2.75) is 25.8 Å². The molecule has 1 fully saturated rings. The van der Waals surface area contributed by atoms with Gasteiger partial charge in [-0.15, -0.1) is 11.3 Å². The minimum atomic E-state index is -0.724. The fourth-order valence-corrected chi connectivity index (χ4v) is 4.83. The first kappa shape index (κ1) is 17.7. The number of aliphatic carboxylic acids is 1. The van der Waals surface area contributed by atoms with E-state index in [9.17, 15) is 9.90 Å². The zero-order chi connectivity index (χ0) is 17.3. The smallest absolute Gasteiger partial charge is 0.307 e. The van der Waals surface area contributed by atoms with Gasteiger partial charge in [-0.05, 0) is 54.9 Å². The fraction of sp³-hybridized carbons (Fsp3) is 0.389. The van der Waals surface area contributed by atoms with E-state index < -0.39 is 5.97 Å². The number of hydrogen-bond acceptors (Lipinski definition) is 3. The molecule has 2 unspecified atom stereocenters. The summed E-state index contributed by atoms with van der Waals surface area (Å²) in [6.07, 6.45) is 1.60. The van der Waals surface area contributed by atoms with E-state index in [0.29, 0.717) is 16.6 Å². The average Bonchev–Trinajstić information content (AvgIpc) is 2.98. The highest BCUT2D eigenvalue weighted by Crippen LogP contribution is 2.41. The van der Waals surface area contributed by atoms with Crippen molar-refractivity contribution >= 4 is 40.5 Å². The highest BCUT2D eigenvalue weighted by molar-refractivity contribution is 7.10. The average molecular weight is 384 g/mol. The quantitative estimate of drug-likeness (QED) is 0.783. The monoisotopic (exact) mass is 383 g/mol. The molecule has 0 bridgehead atoms. The number of rotatable bonds is 4. The van der Waals surface area contributed by atoms with Crippen molar-refractivity contribution in [3.63, 3.8) is 0 Å². The molecule has 3 nitrogen and oxygen atoms in total. The Balaban J connectivity index is 2.04. The standard InChI is InChI=1S/C18H19Cl2NO2S/c1-11-7-9-24-17(11)16(13-5-2-6-14(19)15(13)20)21-8-3-4-12(10-21)18(22)23/h2,5-7,9,12,16H,3-4,8,10H2,1H3,(H,22,23). The molecule has 2 heterocycles. The van der Waals surface area contributed by atoms with Crippen molar-refractivity contribution < 1.29 is 9.90 Å². The topological polar surface area (TPSA) is 40.5 Å². The van der Waals surface area contributed by atoms with Gasteiger partial charge in [-0.2, -0.15) is 0 Å². The molecule has 3 rings (SSSR count). The summed E-state index contributed by atoms with van der Waals surface area (Å²) in [6.45, 7) is 3.46. The number of carboxylic acids is 1. The third kappa shape index (κ3) is 3.47. The maximum atomic E-state index is 11.5. The molecule has 1 aliphatic heterocycles. The van der Waals surface area contributed by atoms with Gasteiger partial charge in [-0.1, -0.05) is 35.3 Å². The molecule has 0 saturated carbocycles. The van der Waals surface area contributed by atoms with Crippen LogP contribution in [0.15, 0.2) is 29.6 Å². The highest BCUT2D eigenvalue weighted by Gasteiger charge is 2.33. The molecule has 1 aromatic carbocycles. The predicted molar refractivity (Wildman–Crippen MR) is 99.3 cm³/mol. The molecule has 1 N–H and O–H groups in total. The van der Waals surface area contributed by atoms with Crippen LogP contribution in [0.2, 0.25) is 10.0 Å². The van der Waals surface area contributed by atoms with Crippen molar-refractivity contribution in [3.05, 3.63) is 55.7 Å². The van der Waals surface area contributed by atoms with Crippen LogP contribution in [0.3, 0.4) is 0 Å². The Morgan fingerprint density at radius 3 is 2.83 bits per heavy atom. The van der Waals surface area contributed by atoms with Gasteiger partial charge in [0.15, 0.2) is 0 Å². The summed E-state index contributed by atoms with van der Waals surface area (Å²) in [7, 11) is 0. The van der Waals surface area contributed by atoms with E-state index in [1.54, 1.807) is 17.4 Å². The van der Waals surface area contributed by atoms with Crippen LogP contribution in [0, 0.1) is 12.8 Å². The summed E-state index contributed by atoms with van der Waals surface area (Å²) in [5.74, 6) is -1.06. The summed E-state index contributed by atoms with van der Waals surface area (Å²) in [6, 6.07) is 7.70. The Kier molecular flexibility index (Phi) is 5.50. The van der Waals surface area contributed by atoms with E-state index in [1.165, 1.54) is 10.4 Å². The molecule has 1 aliphatic rings. The molecule has 2 aromatic rings. The van der Waals surface area contributed by atoms with Crippen LogP contribution in [0.1, 0.15) is 34.9 Å². The van der Waals surface area contributed by atoms with Crippen LogP contribution in [0.25, 0.3) is 0 Å². The normalized spacial score (nSPS) is 20.0. The molecule has 0 radical (unpaired) electrons. The van der Waals surface area contributed by atoms with E-state index >= 15 is 0 Å². The Morgan fingerprint density at radius 1 is 1.38 bits per heavy atom. The first-order valence-corrected chi connectivity index (χ1v) is 9.57. The zero-order valence-electron chi connectivity index (χ0n) is 13.3. The lowest BCUT2D eigenvalue weighted by Gasteiger charge is -2.37. The molecule has 0 aliphatic carbocycles. The molecule has 0 spiro atoms. The number of hydrogen-bond donors (Lipinski definition) is 1. The second-order valence-electron chi connectivity index (χ2n) is 6.19. The first-order valence-electron chi connectivity index (χ1n) is 7.93. The maximum absolute atomic E-state index is 11.5. The van der Waals surface area contributed by atoms with E-state index in [2.05, 4.69) is 23.3 Å². The van der Waals surface area contributed by atoms with Crippen molar-refractivity contribution in [1.82, 2.24) is 4.90 Å². The zero-order valence-corrected chi connectivity index (χ0v) is 15.7. The SMILES string of the molecule is Cc1ccsc1C(c1cccc(Cl)c1Cl)N1CCCC(C(=O)O)C1. The van der Waals surface area contributed by atoms with Crippen molar-refractivity contribution in [2.24, 2.45) is 5.92 Å². The summed E-state index contributed by atoms with van der Waals surface area (Å²) >= 11 is 14.4. The molecular formula is C18H19Cl2NO2S. The molecule has 6 heteroatoms. The van der Waals surface area contributed by atoms with E-state index in [4.69, 9.17) is 23.2 Å². The maximum Gasteiger partial charge on any atom is 0.307 e. The van der Waals surface area contributed by atoms with Gasteiger partial charge in [-0.3, -0.25) is 9.69 Å². The molecule has 2 atom stereocenters. The van der Waals surface area contributed by atoms with Crippen LogP contribution in [0.4, 0.5) is 0 Å². The van der Waals surface area contributed by atoms with Crippen LogP contribution in [-0.4, -0.2) is 29.1 Å². The highest BCUT2D eigenvalue weighted by atomic mass is 35.5. The number of carbonyl (C=O) groups is 1. The molecule has 1 aromatic heterocycles. The van der Waals surface area contributed by atoms with E-state index in [1.807, 2.05) is 12.1 Å². The summed E-state index contributed by atoms with van der Waals surface area (Å²) in [5, 5.41) is 12.6. The van der Waals surface area contributed by atoms with Gasteiger partial charge >= 0.3 is 5.97 Å². The van der Waals surface area contributed by atoms with E-state index in [-0.39, 0.29) is 12.0 Å². The number of carboxylic acid groups (broad SMARTS) is 1. The first-order chi connectivity index (χ1) is 11.5. The summed E-state index contributed by atoms with van der Waals surface area (Å²) in [4.78, 5) is 14.9. The molecule has 24 heavy (non-hydrogen) atoms. The second kappa shape index (κ2) is 7.44. The minimum Gasteiger partial charge on any atom is -0.481 e. The van der Waals surface area contributed by atoms with Gasteiger partial charge in [0.05, 0.1) is 22.0 Å². The number of piperidine rings is 1. The Bertz CT molecular complexity index is 746. The van der Waals surface area contributed by atoms with Gasteiger partial charge < -0.3 is 5.11 Å². The number of benzene rings is 1. The lowest BCUT2D eigenvalue weighted by Crippen LogP contribution is -2.41. The molecule has 1 saturated heterocycles. The van der Waals surface area contributed by atoms with Gasteiger partial charge in [0.1, 0.15) is 0 Å². The minimum absolute atomic E-state index is 0.0571. The Labute approximate surface area is 155 Å². The molecular weight excluding hydrogens is 365 g/mol. The lowest BCUT2D eigenvalue weighted by molar-refractivity contribution is -0.143. The Hall–Kier alpha value is -1.07. The third-order valence-electron chi connectivity index (χ3n) is 4.59. The number of halogens is 2. The number of nitrogens with zero attached hydrogens (tertiary/aromatic N) is 1. The predicted octanol–water partition coefficient (Wildman–Crippen LogP) is 5.25. The lowest BCUT2D eigenvalue weighted by atomic mass is 9.93. The van der Waals surface area contributed by atoms with Gasteiger partial charge in [-0.25, -0.2) is 0 Å². The van der Waals surface area contributed by atoms with Crippen molar-refractivity contribution in [2.75, 3.05) is 13.1 Å². The van der Waals surface area contributed by atoms with Crippen LogP contribution in [-0.2, 0) is 4.79 Å². The van der Waals surface area contributed by atoms with E-state index in [0.717, 1.165) is 24.9 Å². The summed E-state index contributed by atoms with van der Waals surface area (Å²) < 4.78 is 0. The van der Waals surface area contributed by atoms with Gasteiger partial charge in [0.25, 0.3) is 0 Å². The second-order valence-corrected chi connectivity index (χ2v) is 7.92. The van der Waals surface area contributed by atoms with Crippen LogP contribution < -0.4 is 0 Å². The van der Waals surface area contributed by atoms with Crippen LogP contribution in [0.5, 0.6) is 0 Å². The third-order valence-corrected chi connectivity index (χ3v) is 6.50.